The van der Waals surface area contributed by atoms with Crippen LogP contribution in [0.25, 0.3) is 0 Å². The predicted octanol–water partition coefficient (Wildman–Crippen LogP) is -1.23. The van der Waals surface area contributed by atoms with Crippen molar-refractivity contribution in [2.45, 2.75) is 16.6 Å². The molecule has 0 saturated carbocycles. The van der Waals surface area contributed by atoms with Crippen LogP contribution in [0.4, 0.5) is 0 Å². The quantitative estimate of drug-likeness (QED) is 0.140. The Hall–Kier alpha value is -3.05. The zero-order chi connectivity index (χ0) is 22.1. The number of aliphatic carboxylic acids is 1. The van der Waals surface area contributed by atoms with Crippen molar-refractivity contribution in [2.24, 2.45) is 12.2 Å². The molecule has 0 aromatic carbocycles. The highest BCUT2D eigenvalue weighted by Gasteiger charge is 2.54. The number of aromatic nitrogens is 6. The maximum Gasteiger partial charge on any atom is 0.352 e. The second kappa shape index (κ2) is 8.60. The second-order valence-corrected chi connectivity index (χ2v) is 8.84. The average Bonchev–Trinajstić information content (AvgIpc) is 3.42. The van der Waals surface area contributed by atoms with Gasteiger partial charge in [-0.05, 0) is 16.0 Å². The first-order chi connectivity index (χ1) is 14.9. The predicted molar refractivity (Wildman–Crippen MR) is 107 cm³/mol. The molecule has 31 heavy (non-hydrogen) atoms. The number of carboxylic acid groups (broad SMARTS) is 1. The van der Waals surface area contributed by atoms with E-state index in [0.29, 0.717) is 16.5 Å². The number of fused-ring (bicyclic) bond motifs is 1. The lowest BCUT2D eigenvalue weighted by molar-refractivity contribution is -0.150. The number of carbonyl (C=O) groups excluding carboxylic acids is 2. The van der Waals surface area contributed by atoms with Gasteiger partial charge in [-0.1, -0.05) is 16.9 Å². The van der Waals surface area contributed by atoms with Crippen molar-refractivity contribution in [3.05, 3.63) is 23.2 Å². The summed E-state index contributed by atoms with van der Waals surface area (Å²) >= 11 is 3.41. The van der Waals surface area contributed by atoms with Gasteiger partial charge in [0.15, 0.2) is 5.71 Å². The topological polar surface area (TPSA) is 189 Å². The van der Waals surface area contributed by atoms with E-state index in [2.05, 4.69) is 34.7 Å². The molecule has 2 amide bonds. The summed E-state index contributed by atoms with van der Waals surface area (Å²) < 4.78 is 9.03. The van der Waals surface area contributed by atoms with E-state index >= 15 is 0 Å². The number of oxime groups is 1. The zero-order valence-electron chi connectivity index (χ0n) is 15.6. The lowest BCUT2D eigenvalue weighted by Gasteiger charge is -2.49. The molecule has 1 saturated heterocycles. The molecule has 4 rings (SSSR count). The van der Waals surface area contributed by atoms with Crippen LogP contribution < -0.4 is 5.32 Å². The summed E-state index contributed by atoms with van der Waals surface area (Å²) in [5.41, 5.74) is 0.116. The first kappa shape index (κ1) is 21.2. The molecular weight excluding hydrogens is 470 g/mol. The number of hydrogen-bond donors (Lipinski definition) is 3. The van der Waals surface area contributed by atoms with Crippen molar-refractivity contribution in [1.82, 2.24) is 39.2 Å². The first-order valence-electron chi connectivity index (χ1n) is 8.48. The molecule has 2 aromatic heterocycles. The second-order valence-electron chi connectivity index (χ2n) is 6.23. The smallest absolute Gasteiger partial charge is 0.352 e. The van der Waals surface area contributed by atoms with Crippen molar-refractivity contribution in [3.63, 3.8) is 0 Å². The number of nitrogens with zero attached hydrogens (tertiary/aromatic N) is 8. The Morgan fingerprint density at radius 3 is 2.87 bits per heavy atom. The van der Waals surface area contributed by atoms with E-state index in [1.54, 1.807) is 7.05 Å². The Kier molecular flexibility index (Phi) is 5.88. The zero-order valence-corrected chi connectivity index (χ0v) is 18.0. The van der Waals surface area contributed by atoms with Gasteiger partial charge in [0.1, 0.15) is 22.8 Å². The van der Waals surface area contributed by atoms with E-state index in [1.807, 2.05) is 0 Å². The Morgan fingerprint density at radius 2 is 2.26 bits per heavy atom. The molecule has 0 bridgehead atoms. The fourth-order valence-corrected chi connectivity index (χ4v) is 5.73. The number of tetrazole rings is 1. The van der Waals surface area contributed by atoms with Gasteiger partial charge in [0.25, 0.3) is 11.8 Å². The molecule has 1 fully saturated rings. The van der Waals surface area contributed by atoms with Crippen molar-refractivity contribution in [3.8, 4) is 0 Å². The molecule has 2 aliphatic heterocycles. The molecule has 162 valence electrons. The van der Waals surface area contributed by atoms with Crippen LogP contribution >= 0.6 is 35.3 Å². The van der Waals surface area contributed by atoms with Crippen LogP contribution in [-0.4, -0.2) is 90.6 Å². The fourth-order valence-electron chi connectivity index (χ4n) is 2.98. The van der Waals surface area contributed by atoms with E-state index in [-0.39, 0.29) is 22.9 Å². The number of amides is 2. The maximum absolute atomic E-state index is 12.7. The third-order valence-corrected chi connectivity index (χ3v) is 7.33. The fraction of sp³-hybridized carbons (Fsp3) is 0.357. The van der Waals surface area contributed by atoms with Gasteiger partial charge in [-0.25, -0.2) is 9.48 Å². The largest absolute Gasteiger partial charge is 0.477 e. The third-order valence-electron chi connectivity index (χ3n) is 4.41. The maximum atomic E-state index is 12.7. The highest BCUT2D eigenvalue weighted by molar-refractivity contribution is 8.01. The van der Waals surface area contributed by atoms with Gasteiger partial charge >= 0.3 is 5.97 Å². The summed E-state index contributed by atoms with van der Waals surface area (Å²) in [5.74, 6) is -1.99. The average molecular weight is 484 g/mol. The molecule has 0 radical (unpaired) electrons. The van der Waals surface area contributed by atoms with Crippen LogP contribution in [0.5, 0.6) is 0 Å². The van der Waals surface area contributed by atoms with Crippen LogP contribution in [0, 0.1) is 0 Å². The van der Waals surface area contributed by atoms with Crippen LogP contribution in [0.2, 0.25) is 0 Å². The molecular formula is C14H13N9O5S3. The van der Waals surface area contributed by atoms with Gasteiger partial charge in [-0.2, -0.15) is 8.75 Å². The normalized spacial score (nSPS) is 21.0. The monoisotopic (exact) mass is 483 g/mol. The number of thioether (sulfide) groups is 2. The molecule has 0 spiro atoms. The number of β-lactam (4-membered cyclic amide) rings is 1. The van der Waals surface area contributed by atoms with E-state index in [4.69, 9.17) is 5.21 Å². The number of hydrogen-bond acceptors (Lipinski definition) is 13. The molecule has 2 aliphatic rings. The van der Waals surface area contributed by atoms with Gasteiger partial charge in [-0.3, -0.25) is 14.5 Å². The summed E-state index contributed by atoms with van der Waals surface area (Å²) in [6.45, 7) is 0. The van der Waals surface area contributed by atoms with E-state index in [9.17, 15) is 19.5 Å². The molecule has 4 heterocycles. The lowest BCUT2D eigenvalue weighted by atomic mass is 10.0. The Bertz CT molecular complexity index is 1100. The molecule has 0 aliphatic carbocycles. The van der Waals surface area contributed by atoms with E-state index < -0.39 is 29.2 Å². The minimum absolute atomic E-state index is 0.0635. The molecule has 2 aromatic rings. The number of aryl methyl sites for hydroxylation is 1. The molecule has 1 unspecified atom stereocenters. The summed E-state index contributed by atoms with van der Waals surface area (Å²) in [7, 11) is 1.67. The van der Waals surface area contributed by atoms with Crippen molar-refractivity contribution < 1.29 is 24.7 Å². The SMILES string of the molecule is Cn1nnnc1SCC1=C(C(=O)O)N2C(=O)C(NC(=O)/C(=N/O)c3cnsn3)[C@H]2SC1. The van der Waals surface area contributed by atoms with Crippen LogP contribution in [0.3, 0.4) is 0 Å². The van der Waals surface area contributed by atoms with Crippen molar-refractivity contribution in [2.75, 3.05) is 11.5 Å². The molecule has 14 nitrogen and oxygen atoms in total. The first-order valence-corrected chi connectivity index (χ1v) is 11.2. The van der Waals surface area contributed by atoms with E-state index in [1.165, 1.54) is 34.4 Å². The number of carbonyl (C=O) groups is 3. The standard InChI is InChI=1S/C14H13N9O5S3/c1-22-14(17-20-21-22)30-4-5-3-29-12-8(11(25)23(12)9(5)13(26)27)16-10(24)7(18-28)6-2-15-31-19-6/h2,8,12,28H,3-4H2,1H3,(H,16,24)(H,26,27)/b18-7+/t8?,12-/m1/s1. The number of rotatable bonds is 7. The van der Waals surface area contributed by atoms with Gasteiger partial charge in [0, 0.05) is 18.6 Å². The molecule has 3 N–H and O–H groups in total. The van der Waals surface area contributed by atoms with Gasteiger partial charge in [-0.15, -0.1) is 16.9 Å². The molecule has 2 atom stereocenters. The third kappa shape index (κ3) is 3.86. The Morgan fingerprint density at radius 1 is 1.45 bits per heavy atom. The van der Waals surface area contributed by atoms with Gasteiger partial charge in [0.2, 0.25) is 5.16 Å². The number of carboxylic acids is 1. The number of nitrogens with one attached hydrogen (secondary N) is 1. The van der Waals surface area contributed by atoms with Crippen LogP contribution in [0.15, 0.2) is 27.8 Å². The van der Waals surface area contributed by atoms with Crippen LogP contribution in [0.1, 0.15) is 5.69 Å². The van der Waals surface area contributed by atoms with Gasteiger partial charge in [0.05, 0.1) is 17.9 Å². The summed E-state index contributed by atoms with van der Waals surface area (Å²) in [5, 5.41) is 35.3. The minimum Gasteiger partial charge on any atom is -0.477 e. The Labute approximate surface area is 186 Å². The van der Waals surface area contributed by atoms with Crippen molar-refractivity contribution >= 4 is 58.7 Å². The highest BCUT2D eigenvalue weighted by atomic mass is 32.2. The van der Waals surface area contributed by atoms with Crippen molar-refractivity contribution in [1.29, 1.82) is 0 Å². The minimum atomic E-state index is -1.23. The van der Waals surface area contributed by atoms with E-state index in [0.717, 1.165) is 16.6 Å². The lowest BCUT2D eigenvalue weighted by Crippen LogP contribution is -2.71. The highest BCUT2D eigenvalue weighted by Crippen LogP contribution is 2.41. The summed E-state index contributed by atoms with van der Waals surface area (Å²) in [6.07, 6.45) is 1.26. The Balaban J connectivity index is 1.49. The summed E-state index contributed by atoms with van der Waals surface area (Å²) in [6, 6.07) is -0.965. The van der Waals surface area contributed by atoms with Gasteiger partial charge < -0.3 is 15.6 Å². The molecule has 17 heteroatoms. The summed E-state index contributed by atoms with van der Waals surface area (Å²) in [4.78, 5) is 38.2. The van der Waals surface area contributed by atoms with Crippen LogP contribution in [-0.2, 0) is 21.4 Å².